The summed E-state index contributed by atoms with van der Waals surface area (Å²) in [7, 11) is 1.36. The first-order valence-corrected chi connectivity index (χ1v) is 8.89. The minimum Gasteiger partial charge on any atom is -0.467 e. The minimum absolute atomic E-state index is 0.451. The third kappa shape index (κ3) is 3.85. The monoisotopic (exact) mass is 367 g/mol. The van der Waals surface area contributed by atoms with Gasteiger partial charge >= 0.3 is 5.97 Å². The summed E-state index contributed by atoms with van der Waals surface area (Å²) in [6.07, 6.45) is -0.865. The van der Waals surface area contributed by atoms with Gasteiger partial charge < -0.3 is 9.47 Å². The molecule has 0 radical (unpaired) electrons. The molecule has 0 aliphatic heterocycles. The van der Waals surface area contributed by atoms with Crippen LogP contribution in [-0.4, -0.2) is 33.3 Å². The number of esters is 1. The van der Waals surface area contributed by atoms with Crippen LogP contribution in [-0.2, 0) is 14.3 Å². The second-order valence-corrected chi connectivity index (χ2v) is 7.50. The van der Waals surface area contributed by atoms with Gasteiger partial charge in [-0.05, 0) is 34.6 Å². The molecule has 27 heavy (non-hydrogen) atoms. The van der Waals surface area contributed by atoms with Crippen LogP contribution in [0.25, 0.3) is 16.9 Å². The molecule has 2 aromatic heterocycles. The summed E-state index contributed by atoms with van der Waals surface area (Å²) in [5, 5.41) is 4.69. The summed E-state index contributed by atoms with van der Waals surface area (Å²) in [6.45, 7) is 9.50. The first kappa shape index (κ1) is 19.0. The minimum atomic E-state index is -0.865. The highest BCUT2D eigenvalue weighted by molar-refractivity contribution is 5.77. The molecule has 1 atom stereocenters. The van der Waals surface area contributed by atoms with E-state index in [0.717, 1.165) is 28.3 Å². The van der Waals surface area contributed by atoms with Crippen molar-refractivity contribution in [2.45, 2.75) is 46.3 Å². The maximum absolute atomic E-state index is 12.5. The van der Waals surface area contributed by atoms with Gasteiger partial charge in [0.2, 0.25) is 0 Å². The van der Waals surface area contributed by atoms with Crippen LogP contribution in [0.4, 0.5) is 0 Å². The molecule has 0 aliphatic carbocycles. The summed E-state index contributed by atoms with van der Waals surface area (Å²) in [5.74, 6) is -0.451. The molecule has 0 fully saturated rings. The number of aromatic nitrogens is 3. The quantitative estimate of drug-likeness (QED) is 0.651. The number of hydrogen-bond acceptors (Lipinski definition) is 5. The van der Waals surface area contributed by atoms with Crippen molar-refractivity contribution in [1.82, 2.24) is 14.6 Å². The Bertz CT molecular complexity index is 972. The van der Waals surface area contributed by atoms with E-state index in [9.17, 15) is 4.79 Å². The van der Waals surface area contributed by atoms with Gasteiger partial charge in [-0.2, -0.15) is 5.10 Å². The Morgan fingerprint density at radius 2 is 1.81 bits per heavy atom. The van der Waals surface area contributed by atoms with Crippen molar-refractivity contribution >= 4 is 11.6 Å². The molecular weight excluding hydrogens is 342 g/mol. The molecule has 0 saturated carbocycles. The highest BCUT2D eigenvalue weighted by atomic mass is 16.6. The van der Waals surface area contributed by atoms with E-state index < -0.39 is 17.7 Å². The molecular formula is C21H25N3O3. The average molecular weight is 367 g/mol. The van der Waals surface area contributed by atoms with Crippen molar-refractivity contribution < 1.29 is 14.3 Å². The number of methoxy groups -OCH3 is 1. The van der Waals surface area contributed by atoms with Gasteiger partial charge in [-0.25, -0.2) is 14.3 Å². The van der Waals surface area contributed by atoms with Gasteiger partial charge in [0.1, 0.15) is 0 Å². The molecule has 0 aliphatic rings. The smallest absolute Gasteiger partial charge is 0.339 e. The normalized spacial score (nSPS) is 13.0. The second-order valence-electron chi connectivity index (χ2n) is 7.50. The van der Waals surface area contributed by atoms with E-state index in [-0.39, 0.29) is 0 Å². The van der Waals surface area contributed by atoms with Crippen LogP contribution in [0.1, 0.15) is 43.8 Å². The second kappa shape index (κ2) is 7.12. The van der Waals surface area contributed by atoms with Gasteiger partial charge in [0, 0.05) is 28.6 Å². The lowest BCUT2D eigenvalue weighted by molar-refractivity contribution is -0.164. The fraction of sp³-hybridized carbons (Fsp3) is 0.381. The fourth-order valence-electron chi connectivity index (χ4n) is 3.12. The SMILES string of the molecule is COC(=O)C(OC(C)(C)C)c1c(C)nc2cc(-c3ccccc3)nn2c1C. The van der Waals surface area contributed by atoms with Crippen molar-refractivity contribution in [1.29, 1.82) is 0 Å². The zero-order chi connectivity index (χ0) is 19.8. The molecule has 0 N–H and O–H groups in total. The first-order chi connectivity index (χ1) is 12.7. The Morgan fingerprint density at radius 3 is 2.41 bits per heavy atom. The summed E-state index contributed by atoms with van der Waals surface area (Å²) in [4.78, 5) is 17.1. The summed E-state index contributed by atoms with van der Waals surface area (Å²) in [6, 6.07) is 11.9. The predicted molar refractivity (Wildman–Crippen MR) is 103 cm³/mol. The average Bonchev–Trinajstić information content (AvgIpc) is 3.04. The van der Waals surface area contributed by atoms with Crippen molar-refractivity contribution in [3.05, 3.63) is 53.3 Å². The topological polar surface area (TPSA) is 65.7 Å². The Morgan fingerprint density at radius 1 is 1.15 bits per heavy atom. The van der Waals surface area contributed by atoms with Crippen molar-refractivity contribution in [2.24, 2.45) is 0 Å². The lowest BCUT2D eigenvalue weighted by Gasteiger charge is -2.27. The van der Waals surface area contributed by atoms with Crippen molar-refractivity contribution in [3.63, 3.8) is 0 Å². The van der Waals surface area contributed by atoms with Crippen LogP contribution in [0.3, 0.4) is 0 Å². The zero-order valence-electron chi connectivity index (χ0n) is 16.6. The van der Waals surface area contributed by atoms with E-state index in [1.54, 1.807) is 4.52 Å². The Labute approximate surface area is 159 Å². The Balaban J connectivity index is 2.16. The largest absolute Gasteiger partial charge is 0.467 e. The number of fused-ring (bicyclic) bond motifs is 1. The molecule has 3 aromatic rings. The van der Waals surface area contributed by atoms with Crippen molar-refractivity contribution in [2.75, 3.05) is 7.11 Å². The van der Waals surface area contributed by atoms with Crippen LogP contribution in [0, 0.1) is 13.8 Å². The maximum Gasteiger partial charge on any atom is 0.339 e. The number of aryl methyl sites for hydroxylation is 2. The van der Waals surface area contributed by atoms with Gasteiger partial charge in [0.05, 0.1) is 18.4 Å². The number of carbonyl (C=O) groups is 1. The van der Waals surface area contributed by atoms with Crippen LogP contribution in [0.2, 0.25) is 0 Å². The Hall–Kier alpha value is -2.73. The van der Waals surface area contributed by atoms with E-state index in [4.69, 9.17) is 14.6 Å². The summed E-state index contributed by atoms with van der Waals surface area (Å²) in [5.41, 5.74) is 4.26. The molecule has 142 valence electrons. The van der Waals surface area contributed by atoms with Gasteiger partial charge in [0.15, 0.2) is 11.8 Å². The number of carbonyl (C=O) groups excluding carboxylic acids is 1. The molecule has 6 nitrogen and oxygen atoms in total. The van der Waals surface area contributed by atoms with Gasteiger partial charge in [0.25, 0.3) is 0 Å². The van der Waals surface area contributed by atoms with E-state index in [1.807, 2.05) is 71.0 Å². The van der Waals surface area contributed by atoms with Crippen molar-refractivity contribution in [3.8, 4) is 11.3 Å². The van der Waals surface area contributed by atoms with Crippen LogP contribution in [0.15, 0.2) is 36.4 Å². The van der Waals surface area contributed by atoms with Gasteiger partial charge in [-0.1, -0.05) is 30.3 Å². The lowest BCUT2D eigenvalue weighted by atomic mass is 10.0. The maximum atomic E-state index is 12.5. The molecule has 0 saturated heterocycles. The highest BCUT2D eigenvalue weighted by Crippen LogP contribution is 2.31. The molecule has 1 aromatic carbocycles. The predicted octanol–water partition coefficient (Wildman–Crippen LogP) is 4.04. The molecule has 3 rings (SSSR count). The molecule has 0 amide bonds. The molecule has 0 bridgehead atoms. The standard InChI is InChI=1S/C21H25N3O3/c1-13-18(19(20(25)26-6)27-21(3,4)5)14(2)24-17(22-13)12-16(23-24)15-10-8-7-9-11-15/h7-12,19H,1-6H3. The fourth-order valence-corrected chi connectivity index (χ4v) is 3.12. The molecule has 2 heterocycles. The zero-order valence-corrected chi connectivity index (χ0v) is 16.6. The number of nitrogens with zero attached hydrogens (tertiary/aromatic N) is 3. The lowest BCUT2D eigenvalue weighted by Crippen LogP contribution is -2.30. The summed E-state index contributed by atoms with van der Waals surface area (Å²) < 4.78 is 12.8. The van der Waals surface area contributed by atoms with Crippen LogP contribution < -0.4 is 0 Å². The summed E-state index contributed by atoms with van der Waals surface area (Å²) >= 11 is 0. The first-order valence-electron chi connectivity index (χ1n) is 8.89. The third-order valence-corrected chi connectivity index (χ3v) is 4.29. The van der Waals surface area contributed by atoms with E-state index in [0.29, 0.717) is 5.56 Å². The van der Waals surface area contributed by atoms with Crippen LogP contribution in [0.5, 0.6) is 0 Å². The number of benzene rings is 1. The number of hydrogen-bond donors (Lipinski definition) is 0. The molecule has 1 unspecified atom stereocenters. The van der Waals surface area contributed by atoms with E-state index >= 15 is 0 Å². The highest BCUT2D eigenvalue weighted by Gasteiger charge is 2.32. The number of rotatable bonds is 4. The van der Waals surface area contributed by atoms with E-state index in [2.05, 4.69) is 4.98 Å². The molecule has 0 spiro atoms. The third-order valence-electron chi connectivity index (χ3n) is 4.29. The number of ether oxygens (including phenoxy) is 2. The Kier molecular flexibility index (Phi) is 5.02. The molecule has 6 heteroatoms. The van der Waals surface area contributed by atoms with Gasteiger partial charge in [-0.3, -0.25) is 0 Å². The van der Waals surface area contributed by atoms with E-state index in [1.165, 1.54) is 7.11 Å². The van der Waals surface area contributed by atoms with Crippen LogP contribution >= 0.6 is 0 Å². The van der Waals surface area contributed by atoms with Gasteiger partial charge in [-0.15, -0.1) is 0 Å².